The van der Waals surface area contributed by atoms with E-state index in [1.54, 1.807) is 24.3 Å². The van der Waals surface area contributed by atoms with E-state index in [0.717, 1.165) is 12.8 Å². The molecule has 2 rings (SSSR count). The molecule has 0 bridgehead atoms. The largest absolute Gasteiger partial charge is 0.384 e. The molecule has 0 unspecified atom stereocenters. The van der Waals surface area contributed by atoms with Crippen LogP contribution in [-0.4, -0.2) is 30.3 Å². The number of nitrogens with zero attached hydrogens (tertiary/aromatic N) is 1. The fourth-order valence-corrected chi connectivity index (χ4v) is 2.06. The zero-order valence-electron chi connectivity index (χ0n) is 14.0. The molecule has 2 amide bonds. The minimum atomic E-state index is -0.365. The van der Waals surface area contributed by atoms with E-state index in [1.807, 2.05) is 13.8 Å². The number of anilines is 1. The van der Waals surface area contributed by atoms with Crippen LogP contribution in [0.15, 0.2) is 29.4 Å². The molecule has 1 aromatic carbocycles. The van der Waals surface area contributed by atoms with Crippen molar-refractivity contribution in [3.8, 4) is 0 Å². The van der Waals surface area contributed by atoms with Crippen molar-refractivity contribution in [3.05, 3.63) is 29.8 Å². The number of nitrogens with two attached hydrogens (primary N) is 1. The number of rotatable bonds is 8. The first-order chi connectivity index (χ1) is 11.4. The Hall–Kier alpha value is -2.57. The van der Waals surface area contributed by atoms with Gasteiger partial charge in [-0.05, 0) is 37.0 Å². The van der Waals surface area contributed by atoms with Gasteiger partial charge in [0.1, 0.15) is 5.84 Å². The maximum absolute atomic E-state index is 12.0. The van der Waals surface area contributed by atoms with Crippen LogP contribution < -0.4 is 16.4 Å². The fourth-order valence-electron chi connectivity index (χ4n) is 2.06. The van der Waals surface area contributed by atoms with Crippen LogP contribution in [0.25, 0.3) is 0 Å². The molecule has 0 saturated heterocycles. The molecule has 0 aliphatic heterocycles. The van der Waals surface area contributed by atoms with Gasteiger partial charge in [0, 0.05) is 23.7 Å². The van der Waals surface area contributed by atoms with Gasteiger partial charge in [0.25, 0.3) is 11.8 Å². The van der Waals surface area contributed by atoms with Crippen LogP contribution >= 0.6 is 0 Å². The van der Waals surface area contributed by atoms with E-state index < -0.39 is 0 Å². The second kappa shape index (κ2) is 8.33. The molecule has 24 heavy (non-hydrogen) atoms. The van der Waals surface area contributed by atoms with Gasteiger partial charge < -0.3 is 21.2 Å². The van der Waals surface area contributed by atoms with E-state index in [9.17, 15) is 9.59 Å². The standard InChI is InChI=1S/C17H24N4O3/c1-11(2)8-15(18)21-24-10-16(22)19-14-5-3-4-12(9-14)17(23)20-13-6-7-13/h3-5,9,11,13H,6-8,10H2,1-2H3,(H2,18,21)(H,19,22)(H,20,23). The predicted molar refractivity (Wildman–Crippen MR) is 92.6 cm³/mol. The van der Waals surface area contributed by atoms with E-state index in [4.69, 9.17) is 10.6 Å². The van der Waals surface area contributed by atoms with Crippen LogP contribution in [0.3, 0.4) is 0 Å². The third-order valence-electron chi connectivity index (χ3n) is 3.32. The molecule has 1 aliphatic rings. The van der Waals surface area contributed by atoms with Crippen molar-refractivity contribution in [1.29, 1.82) is 0 Å². The summed E-state index contributed by atoms with van der Waals surface area (Å²) < 4.78 is 0. The van der Waals surface area contributed by atoms with Gasteiger partial charge in [-0.3, -0.25) is 9.59 Å². The maximum Gasteiger partial charge on any atom is 0.265 e. The lowest BCUT2D eigenvalue weighted by Gasteiger charge is -2.08. The van der Waals surface area contributed by atoms with Crippen molar-refractivity contribution >= 4 is 23.3 Å². The monoisotopic (exact) mass is 332 g/mol. The topological polar surface area (TPSA) is 106 Å². The molecule has 1 saturated carbocycles. The molecule has 1 aromatic rings. The highest BCUT2D eigenvalue weighted by molar-refractivity contribution is 5.97. The van der Waals surface area contributed by atoms with Gasteiger partial charge in [0.2, 0.25) is 0 Å². The lowest BCUT2D eigenvalue weighted by Crippen LogP contribution is -2.25. The highest BCUT2D eigenvalue weighted by atomic mass is 16.6. The number of amidine groups is 1. The van der Waals surface area contributed by atoms with Gasteiger partial charge in [-0.15, -0.1) is 0 Å². The second-order valence-corrected chi connectivity index (χ2v) is 6.33. The zero-order valence-corrected chi connectivity index (χ0v) is 14.0. The van der Waals surface area contributed by atoms with Crippen molar-refractivity contribution in [2.75, 3.05) is 11.9 Å². The summed E-state index contributed by atoms with van der Waals surface area (Å²) in [5.74, 6) is 0.235. The Morgan fingerprint density at radius 3 is 2.79 bits per heavy atom. The smallest absolute Gasteiger partial charge is 0.265 e. The summed E-state index contributed by atoms with van der Waals surface area (Å²) in [6.45, 7) is 3.79. The molecule has 0 spiro atoms. The quantitative estimate of drug-likeness (QED) is 0.384. The fraction of sp³-hybridized carbons (Fsp3) is 0.471. The summed E-state index contributed by atoms with van der Waals surface area (Å²) in [6.07, 6.45) is 2.67. The molecule has 0 atom stereocenters. The lowest BCUT2D eigenvalue weighted by atomic mass is 10.1. The molecule has 0 aromatic heterocycles. The van der Waals surface area contributed by atoms with Crippen LogP contribution in [0.2, 0.25) is 0 Å². The van der Waals surface area contributed by atoms with Crippen molar-refractivity contribution < 1.29 is 14.4 Å². The van der Waals surface area contributed by atoms with E-state index in [2.05, 4.69) is 15.8 Å². The molecule has 7 heteroatoms. The van der Waals surface area contributed by atoms with Crippen molar-refractivity contribution in [2.24, 2.45) is 16.8 Å². The lowest BCUT2D eigenvalue weighted by molar-refractivity contribution is -0.120. The van der Waals surface area contributed by atoms with Gasteiger partial charge in [0.05, 0.1) is 0 Å². The summed E-state index contributed by atoms with van der Waals surface area (Å²) in [6, 6.07) is 7.06. The van der Waals surface area contributed by atoms with Crippen molar-refractivity contribution in [1.82, 2.24) is 5.32 Å². The van der Waals surface area contributed by atoms with Gasteiger partial charge in [-0.25, -0.2) is 0 Å². The Balaban J connectivity index is 1.81. The molecule has 7 nitrogen and oxygen atoms in total. The minimum Gasteiger partial charge on any atom is -0.384 e. The predicted octanol–water partition coefficient (Wildman–Crippen LogP) is 1.85. The first-order valence-corrected chi connectivity index (χ1v) is 8.09. The number of amides is 2. The number of carbonyl (C=O) groups is 2. The summed E-state index contributed by atoms with van der Waals surface area (Å²) in [4.78, 5) is 28.8. The molecular formula is C17H24N4O3. The molecular weight excluding hydrogens is 308 g/mol. The zero-order chi connectivity index (χ0) is 17.5. The molecule has 1 fully saturated rings. The highest BCUT2D eigenvalue weighted by Crippen LogP contribution is 2.20. The summed E-state index contributed by atoms with van der Waals surface area (Å²) in [5.41, 5.74) is 6.71. The number of carbonyl (C=O) groups excluding carboxylic acids is 2. The van der Waals surface area contributed by atoms with Gasteiger partial charge >= 0.3 is 0 Å². The van der Waals surface area contributed by atoms with E-state index in [1.165, 1.54) is 0 Å². The number of benzene rings is 1. The first-order valence-electron chi connectivity index (χ1n) is 8.09. The summed E-state index contributed by atoms with van der Waals surface area (Å²) in [5, 5.41) is 9.27. The minimum absolute atomic E-state index is 0.129. The van der Waals surface area contributed by atoms with Crippen LogP contribution in [0, 0.1) is 5.92 Å². The van der Waals surface area contributed by atoms with E-state index in [-0.39, 0.29) is 18.4 Å². The Morgan fingerprint density at radius 1 is 1.38 bits per heavy atom. The SMILES string of the molecule is CC(C)CC(N)=NOCC(=O)Nc1cccc(C(=O)NC2CC2)c1. The normalized spacial score (nSPS) is 14.4. The molecule has 130 valence electrons. The van der Waals surface area contributed by atoms with Gasteiger partial charge in [-0.2, -0.15) is 0 Å². The van der Waals surface area contributed by atoms with E-state index in [0.29, 0.717) is 35.5 Å². The molecule has 0 radical (unpaired) electrons. The Kier molecular flexibility index (Phi) is 6.17. The highest BCUT2D eigenvalue weighted by Gasteiger charge is 2.23. The number of hydrogen-bond donors (Lipinski definition) is 3. The van der Waals surface area contributed by atoms with Gasteiger partial charge in [0.15, 0.2) is 6.61 Å². The van der Waals surface area contributed by atoms with Crippen molar-refractivity contribution in [3.63, 3.8) is 0 Å². The Bertz CT molecular complexity index is 624. The van der Waals surface area contributed by atoms with Crippen LogP contribution in [0.5, 0.6) is 0 Å². The molecule has 1 aliphatic carbocycles. The third kappa shape index (κ3) is 6.28. The van der Waals surface area contributed by atoms with E-state index >= 15 is 0 Å². The number of oxime groups is 1. The molecule has 4 N–H and O–H groups in total. The first kappa shape index (κ1) is 17.8. The Labute approximate surface area is 141 Å². The average Bonchev–Trinajstić information content (AvgIpc) is 3.30. The summed E-state index contributed by atoms with van der Waals surface area (Å²) >= 11 is 0. The molecule has 0 heterocycles. The third-order valence-corrected chi connectivity index (χ3v) is 3.32. The van der Waals surface area contributed by atoms with Gasteiger partial charge in [-0.1, -0.05) is 25.1 Å². The van der Waals surface area contributed by atoms with Crippen LogP contribution in [-0.2, 0) is 9.63 Å². The Morgan fingerprint density at radius 2 is 2.12 bits per heavy atom. The second-order valence-electron chi connectivity index (χ2n) is 6.33. The van der Waals surface area contributed by atoms with Crippen molar-refractivity contribution in [2.45, 2.75) is 39.2 Å². The van der Waals surface area contributed by atoms with Crippen LogP contribution in [0.4, 0.5) is 5.69 Å². The number of hydrogen-bond acceptors (Lipinski definition) is 4. The van der Waals surface area contributed by atoms with Crippen LogP contribution in [0.1, 0.15) is 43.5 Å². The maximum atomic E-state index is 12.0. The summed E-state index contributed by atoms with van der Waals surface area (Å²) in [7, 11) is 0. The number of nitrogens with one attached hydrogen (secondary N) is 2. The average molecular weight is 332 g/mol.